The Kier molecular flexibility index (Phi) is 5.92. The summed E-state index contributed by atoms with van der Waals surface area (Å²) in [6, 6.07) is 0.666. The van der Waals surface area contributed by atoms with Crippen LogP contribution in [-0.2, 0) is 18.3 Å². The van der Waals surface area contributed by atoms with E-state index in [0.29, 0.717) is 18.7 Å². The largest absolute Gasteiger partial charge is 0.376 e. The van der Waals surface area contributed by atoms with Gasteiger partial charge in [-0.25, -0.2) is 4.99 Å². The summed E-state index contributed by atoms with van der Waals surface area (Å²) in [5, 5.41) is 12.0. The topological polar surface area (TPSA) is 70.8 Å². The van der Waals surface area contributed by atoms with Crippen molar-refractivity contribution >= 4 is 5.96 Å². The van der Waals surface area contributed by atoms with Crippen LogP contribution in [0.15, 0.2) is 4.99 Å². The van der Waals surface area contributed by atoms with Gasteiger partial charge in [-0.2, -0.15) is 0 Å². The minimum Gasteiger partial charge on any atom is -0.376 e. The third-order valence-electron chi connectivity index (χ3n) is 6.18. The highest BCUT2D eigenvalue weighted by Gasteiger charge is 2.31. The molecule has 0 aromatic carbocycles. The predicted octanol–water partition coefficient (Wildman–Crippen LogP) is 0.918. The Morgan fingerprint density at radius 1 is 1.19 bits per heavy atom. The molecule has 27 heavy (non-hydrogen) atoms. The number of rotatable bonds is 5. The van der Waals surface area contributed by atoms with Gasteiger partial charge in [-0.05, 0) is 52.1 Å². The molecule has 1 N–H and O–H groups in total. The van der Waals surface area contributed by atoms with Crippen LogP contribution in [-0.4, -0.2) is 82.0 Å². The zero-order valence-corrected chi connectivity index (χ0v) is 16.7. The molecule has 3 aliphatic rings. The molecular weight excluding hydrogens is 342 g/mol. The van der Waals surface area contributed by atoms with Crippen molar-refractivity contribution in [3.8, 4) is 0 Å². The molecule has 4 rings (SSSR count). The summed E-state index contributed by atoms with van der Waals surface area (Å²) in [4.78, 5) is 9.98. The lowest BCUT2D eigenvalue weighted by Gasteiger charge is -2.26. The molecular formula is C19H33N7O. The van der Waals surface area contributed by atoms with Gasteiger partial charge in [-0.1, -0.05) is 0 Å². The van der Waals surface area contributed by atoms with E-state index in [-0.39, 0.29) is 0 Å². The molecule has 3 aliphatic heterocycles. The molecule has 3 saturated heterocycles. The maximum Gasteiger partial charge on any atom is 0.194 e. The minimum absolute atomic E-state index is 0.309. The zero-order chi connectivity index (χ0) is 18.6. The first-order valence-corrected chi connectivity index (χ1v) is 10.4. The molecule has 0 bridgehead atoms. The first-order chi connectivity index (χ1) is 13.2. The molecule has 0 spiro atoms. The fourth-order valence-corrected chi connectivity index (χ4v) is 4.35. The third-order valence-corrected chi connectivity index (χ3v) is 6.18. The van der Waals surface area contributed by atoms with Crippen LogP contribution >= 0.6 is 0 Å². The molecule has 0 radical (unpaired) electrons. The van der Waals surface area contributed by atoms with Gasteiger partial charge in [-0.15, -0.1) is 10.2 Å². The lowest BCUT2D eigenvalue weighted by atomic mass is 10.2. The lowest BCUT2D eigenvalue weighted by molar-refractivity contribution is 0.113. The van der Waals surface area contributed by atoms with Crippen LogP contribution in [0, 0.1) is 6.92 Å². The molecule has 3 fully saturated rings. The zero-order valence-electron chi connectivity index (χ0n) is 16.7. The summed E-state index contributed by atoms with van der Waals surface area (Å²) in [7, 11) is 2.00. The molecule has 8 nitrogen and oxygen atoms in total. The monoisotopic (exact) mass is 375 g/mol. The number of aromatic nitrogens is 3. The SMILES string of the molecule is Cc1nnc(CN=C(NCC2CCCO2)N2CCC(N3CCCC3)C2)n1C. The van der Waals surface area contributed by atoms with Crippen LogP contribution in [0.25, 0.3) is 0 Å². The van der Waals surface area contributed by atoms with Crippen molar-refractivity contribution < 1.29 is 4.74 Å². The van der Waals surface area contributed by atoms with Gasteiger partial charge in [0.05, 0.1) is 6.10 Å². The molecule has 0 aliphatic carbocycles. The number of aryl methyl sites for hydroxylation is 1. The maximum absolute atomic E-state index is 5.78. The Bertz CT molecular complexity index is 646. The van der Waals surface area contributed by atoms with Gasteiger partial charge in [0.1, 0.15) is 12.4 Å². The normalized spacial score (nSPS) is 27.0. The highest BCUT2D eigenvalue weighted by Crippen LogP contribution is 2.21. The number of nitrogens with one attached hydrogen (secondary N) is 1. The number of likely N-dealkylation sites (tertiary alicyclic amines) is 2. The van der Waals surface area contributed by atoms with Gasteiger partial charge in [0.2, 0.25) is 0 Å². The highest BCUT2D eigenvalue weighted by molar-refractivity contribution is 5.80. The van der Waals surface area contributed by atoms with Crippen molar-refractivity contribution in [3.05, 3.63) is 11.6 Å². The molecule has 1 aromatic rings. The van der Waals surface area contributed by atoms with E-state index in [0.717, 1.165) is 56.7 Å². The van der Waals surface area contributed by atoms with Crippen molar-refractivity contribution in [1.29, 1.82) is 0 Å². The average molecular weight is 376 g/mol. The lowest BCUT2D eigenvalue weighted by Crippen LogP contribution is -2.45. The van der Waals surface area contributed by atoms with E-state index >= 15 is 0 Å². The van der Waals surface area contributed by atoms with Crippen molar-refractivity contribution in [2.45, 2.75) is 57.7 Å². The van der Waals surface area contributed by atoms with Crippen molar-refractivity contribution in [1.82, 2.24) is 29.9 Å². The van der Waals surface area contributed by atoms with E-state index in [1.807, 2.05) is 18.5 Å². The summed E-state index contributed by atoms with van der Waals surface area (Å²) in [6.07, 6.45) is 6.53. The highest BCUT2D eigenvalue weighted by atomic mass is 16.5. The number of hydrogen-bond acceptors (Lipinski definition) is 5. The van der Waals surface area contributed by atoms with Gasteiger partial charge in [0, 0.05) is 39.3 Å². The van der Waals surface area contributed by atoms with Crippen LogP contribution in [0.1, 0.15) is 43.8 Å². The molecule has 4 heterocycles. The Labute approximate surface area is 162 Å². The van der Waals surface area contributed by atoms with Crippen molar-refractivity contribution in [2.24, 2.45) is 12.0 Å². The van der Waals surface area contributed by atoms with E-state index < -0.39 is 0 Å². The van der Waals surface area contributed by atoms with Crippen molar-refractivity contribution in [3.63, 3.8) is 0 Å². The third kappa shape index (κ3) is 4.43. The second-order valence-electron chi connectivity index (χ2n) is 8.01. The summed E-state index contributed by atoms with van der Waals surface area (Å²) >= 11 is 0. The second-order valence-corrected chi connectivity index (χ2v) is 8.01. The molecule has 2 atom stereocenters. The fraction of sp³-hybridized carbons (Fsp3) is 0.842. The number of hydrogen-bond donors (Lipinski definition) is 1. The Hall–Kier alpha value is -1.67. The molecule has 0 saturated carbocycles. The van der Waals surface area contributed by atoms with E-state index in [2.05, 4.69) is 25.3 Å². The molecule has 1 aromatic heterocycles. The van der Waals surface area contributed by atoms with Gasteiger partial charge < -0.3 is 19.5 Å². The van der Waals surface area contributed by atoms with Crippen molar-refractivity contribution in [2.75, 3.05) is 39.3 Å². The smallest absolute Gasteiger partial charge is 0.194 e. The van der Waals surface area contributed by atoms with Gasteiger partial charge >= 0.3 is 0 Å². The fourth-order valence-electron chi connectivity index (χ4n) is 4.35. The Morgan fingerprint density at radius 3 is 2.74 bits per heavy atom. The molecule has 0 amide bonds. The quantitative estimate of drug-likeness (QED) is 0.610. The van der Waals surface area contributed by atoms with E-state index in [1.165, 1.54) is 32.4 Å². The van der Waals surface area contributed by atoms with Crippen LogP contribution in [0.3, 0.4) is 0 Å². The average Bonchev–Trinajstić information content (AvgIpc) is 3.45. The van der Waals surface area contributed by atoms with Crippen LogP contribution in [0.2, 0.25) is 0 Å². The van der Waals surface area contributed by atoms with E-state index in [9.17, 15) is 0 Å². The standard InChI is InChI=1S/C19H33N7O/c1-15-22-23-18(24(15)2)13-21-19(20-12-17-6-5-11-27-17)26-10-7-16(14-26)25-8-3-4-9-25/h16-17H,3-14H2,1-2H3,(H,20,21). The van der Waals surface area contributed by atoms with Crippen LogP contribution in [0.5, 0.6) is 0 Å². The number of aliphatic imine (C=N–C) groups is 1. The number of ether oxygens (including phenoxy) is 1. The Balaban J connectivity index is 1.41. The molecule has 150 valence electrons. The number of guanidine groups is 1. The summed E-state index contributed by atoms with van der Waals surface area (Å²) in [5.74, 6) is 2.82. The summed E-state index contributed by atoms with van der Waals surface area (Å²) in [6.45, 7) is 8.89. The van der Waals surface area contributed by atoms with Gasteiger partial charge in [0.15, 0.2) is 11.8 Å². The van der Waals surface area contributed by atoms with Gasteiger partial charge in [0.25, 0.3) is 0 Å². The van der Waals surface area contributed by atoms with E-state index in [4.69, 9.17) is 9.73 Å². The molecule has 2 unspecified atom stereocenters. The first-order valence-electron chi connectivity index (χ1n) is 10.4. The summed E-state index contributed by atoms with van der Waals surface area (Å²) < 4.78 is 7.80. The first kappa shape index (κ1) is 18.7. The minimum atomic E-state index is 0.309. The van der Waals surface area contributed by atoms with E-state index in [1.54, 1.807) is 0 Å². The summed E-state index contributed by atoms with van der Waals surface area (Å²) in [5.41, 5.74) is 0. The molecule has 8 heteroatoms. The Morgan fingerprint density at radius 2 is 2.04 bits per heavy atom. The second kappa shape index (κ2) is 8.56. The van der Waals surface area contributed by atoms with Crippen LogP contribution in [0.4, 0.5) is 0 Å². The maximum atomic E-state index is 5.78. The number of nitrogens with zero attached hydrogens (tertiary/aromatic N) is 6. The van der Waals surface area contributed by atoms with Gasteiger partial charge in [-0.3, -0.25) is 4.90 Å². The predicted molar refractivity (Wildman–Crippen MR) is 105 cm³/mol. The van der Waals surface area contributed by atoms with Crippen LogP contribution < -0.4 is 5.32 Å².